The van der Waals surface area contributed by atoms with Crippen LogP contribution in [0.2, 0.25) is 0 Å². The van der Waals surface area contributed by atoms with Crippen molar-refractivity contribution in [3.05, 3.63) is 42.0 Å². The highest BCUT2D eigenvalue weighted by Gasteiger charge is 2.61. The Morgan fingerprint density at radius 1 is 1.22 bits per heavy atom. The second-order valence-corrected chi connectivity index (χ2v) is 6.18. The van der Waals surface area contributed by atoms with Crippen LogP contribution >= 0.6 is 27.5 Å². The van der Waals surface area contributed by atoms with Gasteiger partial charge in [-0.3, -0.25) is 0 Å². The van der Waals surface area contributed by atoms with Gasteiger partial charge in [0.2, 0.25) is 3.78 Å². The Morgan fingerprint density at radius 3 is 2.17 bits per heavy atom. The van der Waals surface area contributed by atoms with Crippen LogP contribution in [0.5, 0.6) is 0 Å². The third-order valence-corrected chi connectivity index (χ3v) is 4.24. The maximum atomic E-state index is 12.7. The van der Waals surface area contributed by atoms with E-state index in [0.717, 1.165) is 13.0 Å². The summed E-state index contributed by atoms with van der Waals surface area (Å²) >= 11 is 7.70. The van der Waals surface area contributed by atoms with Gasteiger partial charge in [-0.05, 0) is 18.6 Å². The molecule has 0 spiro atoms. The normalized spacial score (nSPS) is 19.5. The molecular weight excluding hydrogens is 332 g/mol. The number of hydrogen-bond donors (Lipinski definition) is 1. The molecule has 0 aliphatic carbocycles. The highest BCUT2D eigenvalue weighted by atomic mass is 79.9. The first-order valence-electron chi connectivity index (χ1n) is 4.99. The second-order valence-electron chi connectivity index (χ2n) is 3.96. The van der Waals surface area contributed by atoms with Gasteiger partial charge >= 0.3 is 6.18 Å². The summed E-state index contributed by atoms with van der Waals surface area (Å²) in [5.41, 5.74) is -1.62. The highest BCUT2D eigenvalue weighted by molar-refractivity contribution is 9.10. The van der Waals surface area contributed by atoms with Crippen LogP contribution in [0.3, 0.4) is 0 Å². The lowest BCUT2D eigenvalue weighted by Crippen LogP contribution is -2.51. The number of aliphatic hydroxyl groups is 1. The zero-order chi connectivity index (χ0) is 14.0. The minimum Gasteiger partial charge on any atom is -0.383 e. The Morgan fingerprint density at radius 2 is 1.72 bits per heavy atom. The lowest BCUT2D eigenvalue weighted by atomic mass is 9.99. The molecule has 2 atom stereocenters. The first kappa shape index (κ1) is 15.5. The van der Waals surface area contributed by atoms with Crippen LogP contribution in [0.1, 0.15) is 12.5 Å². The van der Waals surface area contributed by atoms with Crippen LogP contribution in [0.15, 0.2) is 36.4 Å². The smallest absolute Gasteiger partial charge is 0.383 e. The summed E-state index contributed by atoms with van der Waals surface area (Å²) < 4.78 is 35.1. The lowest BCUT2D eigenvalue weighted by molar-refractivity contribution is -0.167. The largest absolute Gasteiger partial charge is 0.420 e. The van der Waals surface area contributed by atoms with E-state index in [9.17, 15) is 18.3 Å². The van der Waals surface area contributed by atoms with Gasteiger partial charge in [-0.25, -0.2) is 0 Å². The summed E-state index contributed by atoms with van der Waals surface area (Å²) in [6.45, 7) is 0.988. The molecule has 0 amide bonds. The average molecular weight is 344 g/mol. The minimum absolute atomic E-state index is 0.667. The first-order valence-corrected chi connectivity index (χ1v) is 6.16. The Balaban J connectivity index is 2.98. The van der Waals surface area contributed by atoms with E-state index < -0.39 is 15.6 Å². The molecule has 0 saturated carbocycles. The fourth-order valence-electron chi connectivity index (χ4n) is 1.21. The second kappa shape index (κ2) is 5.23. The summed E-state index contributed by atoms with van der Waals surface area (Å²) in [4.78, 5) is 0. The van der Waals surface area contributed by atoms with Gasteiger partial charge in [0.25, 0.3) is 0 Å². The predicted molar refractivity (Wildman–Crippen MR) is 69.7 cm³/mol. The van der Waals surface area contributed by atoms with E-state index in [4.69, 9.17) is 11.6 Å². The van der Waals surface area contributed by atoms with Crippen molar-refractivity contribution in [3.8, 4) is 0 Å². The molecule has 1 rings (SSSR count). The Hall–Kier alpha value is -0.520. The van der Waals surface area contributed by atoms with E-state index in [2.05, 4.69) is 15.9 Å². The molecule has 1 aromatic carbocycles. The van der Waals surface area contributed by atoms with Crippen molar-refractivity contribution in [2.24, 2.45) is 0 Å². The summed E-state index contributed by atoms with van der Waals surface area (Å²) in [7, 11) is 0. The summed E-state index contributed by atoms with van der Waals surface area (Å²) in [6.07, 6.45) is -2.40. The van der Waals surface area contributed by atoms with E-state index in [-0.39, 0.29) is 0 Å². The lowest BCUT2D eigenvalue weighted by Gasteiger charge is -2.35. The van der Waals surface area contributed by atoms with Gasteiger partial charge in [0, 0.05) is 0 Å². The molecule has 0 aliphatic heterocycles. The van der Waals surface area contributed by atoms with Gasteiger partial charge in [-0.15, -0.1) is 0 Å². The molecular formula is C12H11BrClF3O. The Bertz CT molecular complexity index is 427. The fourth-order valence-corrected chi connectivity index (χ4v) is 1.41. The van der Waals surface area contributed by atoms with Crippen molar-refractivity contribution in [1.29, 1.82) is 0 Å². The number of rotatable bonds is 3. The summed E-state index contributed by atoms with van der Waals surface area (Å²) in [6, 6.07) is 8.65. The molecule has 0 fully saturated rings. The Labute approximate surface area is 116 Å². The maximum absolute atomic E-state index is 12.7. The third kappa shape index (κ3) is 3.28. The zero-order valence-corrected chi connectivity index (χ0v) is 11.7. The van der Waals surface area contributed by atoms with Crippen LogP contribution < -0.4 is 0 Å². The van der Waals surface area contributed by atoms with Gasteiger partial charge < -0.3 is 5.11 Å². The van der Waals surface area contributed by atoms with Crippen LogP contribution in [-0.4, -0.2) is 20.7 Å². The van der Waals surface area contributed by atoms with E-state index in [0.29, 0.717) is 5.56 Å². The van der Waals surface area contributed by atoms with E-state index in [1.807, 2.05) is 0 Å². The molecule has 6 heteroatoms. The van der Waals surface area contributed by atoms with Crippen LogP contribution in [0, 0.1) is 0 Å². The summed E-state index contributed by atoms with van der Waals surface area (Å²) in [5, 5.41) is 9.85. The molecule has 100 valence electrons. The molecule has 2 unspecified atom stereocenters. The van der Waals surface area contributed by atoms with Crippen molar-refractivity contribution in [1.82, 2.24) is 0 Å². The van der Waals surface area contributed by atoms with E-state index >= 15 is 0 Å². The molecule has 1 nitrogen and oxygen atoms in total. The van der Waals surface area contributed by atoms with Gasteiger partial charge in [-0.2, -0.15) is 13.2 Å². The minimum atomic E-state index is -4.79. The molecule has 0 bridgehead atoms. The van der Waals surface area contributed by atoms with Crippen LogP contribution in [0.4, 0.5) is 13.2 Å². The van der Waals surface area contributed by atoms with Crippen molar-refractivity contribution < 1.29 is 18.3 Å². The first-order chi connectivity index (χ1) is 8.08. The highest BCUT2D eigenvalue weighted by Crippen LogP contribution is 2.49. The van der Waals surface area contributed by atoms with Gasteiger partial charge in [0.05, 0.1) is 0 Å². The van der Waals surface area contributed by atoms with Crippen molar-refractivity contribution in [2.45, 2.75) is 22.5 Å². The molecule has 0 radical (unpaired) electrons. The summed E-state index contributed by atoms with van der Waals surface area (Å²) in [5.74, 6) is 0. The fraction of sp³-hybridized carbons (Fsp3) is 0.333. The van der Waals surface area contributed by atoms with E-state index in [1.54, 1.807) is 30.3 Å². The molecule has 1 aromatic rings. The standard InChI is InChI=1S/C12H11BrClF3O/c1-10(18,11(13,14)12(15,16)17)8-7-9-5-3-2-4-6-9/h2-8,18H,1H3/b8-7+. The van der Waals surface area contributed by atoms with Crippen LogP contribution in [-0.2, 0) is 0 Å². The molecule has 0 aliphatic rings. The molecule has 18 heavy (non-hydrogen) atoms. The van der Waals surface area contributed by atoms with Gasteiger partial charge in [0.1, 0.15) is 5.60 Å². The quantitative estimate of drug-likeness (QED) is 0.809. The molecule has 0 aromatic heterocycles. The van der Waals surface area contributed by atoms with E-state index in [1.165, 1.54) is 6.08 Å². The third-order valence-electron chi connectivity index (χ3n) is 2.39. The van der Waals surface area contributed by atoms with Crippen LogP contribution in [0.25, 0.3) is 6.08 Å². The van der Waals surface area contributed by atoms with Crippen molar-refractivity contribution >= 4 is 33.6 Å². The monoisotopic (exact) mass is 342 g/mol. The number of hydrogen-bond acceptors (Lipinski definition) is 1. The topological polar surface area (TPSA) is 20.2 Å². The van der Waals surface area contributed by atoms with Crippen molar-refractivity contribution in [2.75, 3.05) is 0 Å². The predicted octanol–water partition coefficient (Wildman–Crippen LogP) is 4.34. The number of halogens is 5. The van der Waals surface area contributed by atoms with Gasteiger partial charge in [0.15, 0.2) is 0 Å². The van der Waals surface area contributed by atoms with Crippen molar-refractivity contribution in [3.63, 3.8) is 0 Å². The Kier molecular flexibility index (Phi) is 4.51. The molecule has 1 N–H and O–H groups in total. The maximum Gasteiger partial charge on any atom is 0.420 e. The number of alkyl halides is 5. The SMILES string of the molecule is CC(O)(/C=C/c1ccccc1)C(Cl)(Br)C(F)(F)F. The average Bonchev–Trinajstić information content (AvgIpc) is 2.26. The molecule has 0 saturated heterocycles. The zero-order valence-electron chi connectivity index (χ0n) is 9.38. The number of benzene rings is 1. The molecule has 0 heterocycles. The van der Waals surface area contributed by atoms with Gasteiger partial charge in [-0.1, -0.05) is 63.9 Å².